The highest BCUT2D eigenvalue weighted by molar-refractivity contribution is 5.52. The van der Waals surface area contributed by atoms with E-state index >= 15 is 0 Å². The normalized spacial score (nSPS) is 12.2. The first-order valence-electron chi connectivity index (χ1n) is 6.30. The molecule has 0 fully saturated rings. The molecular formula is C16H18FN. The maximum absolute atomic E-state index is 13.2. The Balaban J connectivity index is 2.18. The number of halogens is 1. The average Bonchev–Trinajstić information content (AvgIpc) is 2.39. The second-order valence-electron chi connectivity index (χ2n) is 4.43. The highest BCUT2D eigenvalue weighted by Crippen LogP contribution is 2.23. The zero-order valence-corrected chi connectivity index (χ0v) is 10.8. The SMILES string of the molecule is CCc1ccccc1NC(C)c1cccc(F)c1. The summed E-state index contributed by atoms with van der Waals surface area (Å²) in [5.41, 5.74) is 3.36. The molecule has 2 rings (SSSR count). The van der Waals surface area contributed by atoms with Crippen LogP contribution in [-0.2, 0) is 6.42 Å². The van der Waals surface area contributed by atoms with Crippen LogP contribution in [-0.4, -0.2) is 0 Å². The van der Waals surface area contributed by atoms with Gasteiger partial charge in [0.2, 0.25) is 0 Å². The lowest BCUT2D eigenvalue weighted by Crippen LogP contribution is -2.08. The molecule has 18 heavy (non-hydrogen) atoms. The third-order valence-corrected chi connectivity index (χ3v) is 3.12. The number of nitrogens with one attached hydrogen (secondary N) is 1. The van der Waals surface area contributed by atoms with E-state index in [-0.39, 0.29) is 11.9 Å². The number of hydrogen-bond acceptors (Lipinski definition) is 1. The summed E-state index contributed by atoms with van der Waals surface area (Å²) in [6.07, 6.45) is 0.985. The molecule has 1 unspecified atom stereocenters. The van der Waals surface area contributed by atoms with E-state index in [1.165, 1.54) is 11.6 Å². The Hall–Kier alpha value is -1.83. The Morgan fingerprint density at radius 2 is 1.89 bits per heavy atom. The van der Waals surface area contributed by atoms with Gasteiger partial charge in [0.15, 0.2) is 0 Å². The smallest absolute Gasteiger partial charge is 0.123 e. The summed E-state index contributed by atoms with van der Waals surface area (Å²) in [6, 6.07) is 15.0. The Kier molecular flexibility index (Phi) is 3.98. The highest BCUT2D eigenvalue weighted by atomic mass is 19.1. The van der Waals surface area contributed by atoms with E-state index in [4.69, 9.17) is 0 Å². The molecule has 0 aromatic heterocycles. The van der Waals surface area contributed by atoms with Crippen LogP contribution in [0.2, 0.25) is 0 Å². The molecule has 1 N–H and O–H groups in total. The molecule has 0 amide bonds. The van der Waals surface area contributed by atoms with Crippen molar-refractivity contribution < 1.29 is 4.39 Å². The van der Waals surface area contributed by atoms with Crippen molar-refractivity contribution in [1.29, 1.82) is 0 Å². The third-order valence-electron chi connectivity index (χ3n) is 3.12. The van der Waals surface area contributed by atoms with Crippen molar-refractivity contribution in [3.05, 3.63) is 65.5 Å². The van der Waals surface area contributed by atoms with Gasteiger partial charge >= 0.3 is 0 Å². The molecule has 0 heterocycles. The van der Waals surface area contributed by atoms with Crippen LogP contribution >= 0.6 is 0 Å². The van der Waals surface area contributed by atoms with Crippen LogP contribution in [0.25, 0.3) is 0 Å². The van der Waals surface area contributed by atoms with Gasteiger partial charge in [-0.1, -0.05) is 37.3 Å². The van der Waals surface area contributed by atoms with E-state index in [2.05, 4.69) is 24.4 Å². The van der Waals surface area contributed by atoms with E-state index in [0.717, 1.165) is 17.7 Å². The largest absolute Gasteiger partial charge is 0.378 e. The van der Waals surface area contributed by atoms with Gasteiger partial charge in [-0.3, -0.25) is 0 Å². The summed E-state index contributed by atoms with van der Waals surface area (Å²) in [4.78, 5) is 0. The summed E-state index contributed by atoms with van der Waals surface area (Å²) in [5, 5.41) is 3.44. The predicted molar refractivity (Wildman–Crippen MR) is 74.3 cm³/mol. The van der Waals surface area contributed by atoms with E-state index in [9.17, 15) is 4.39 Å². The molecular weight excluding hydrogens is 225 g/mol. The lowest BCUT2D eigenvalue weighted by atomic mass is 10.1. The van der Waals surface area contributed by atoms with Crippen LogP contribution in [0, 0.1) is 5.82 Å². The topological polar surface area (TPSA) is 12.0 Å². The Morgan fingerprint density at radius 3 is 2.61 bits per heavy atom. The van der Waals surface area contributed by atoms with Gasteiger partial charge in [-0.05, 0) is 42.7 Å². The van der Waals surface area contributed by atoms with E-state index in [1.54, 1.807) is 12.1 Å². The predicted octanol–water partition coefficient (Wildman–Crippen LogP) is 4.56. The molecule has 0 spiro atoms. The molecule has 0 saturated carbocycles. The Morgan fingerprint density at radius 1 is 1.11 bits per heavy atom. The van der Waals surface area contributed by atoms with E-state index in [0.29, 0.717) is 0 Å². The summed E-state index contributed by atoms with van der Waals surface area (Å²) in [7, 11) is 0. The van der Waals surface area contributed by atoms with Crippen molar-refractivity contribution in [2.24, 2.45) is 0 Å². The molecule has 2 aromatic rings. The zero-order chi connectivity index (χ0) is 13.0. The van der Waals surface area contributed by atoms with Gasteiger partial charge in [-0.25, -0.2) is 4.39 Å². The van der Waals surface area contributed by atoms with Crippen molar-refractivity contribution in [3.63, 3.8) is 0 Å². The summed E-state index contributed by atoms with van der Waals surface area (Å²) >= 11 is 0. The number of para-hydroxylation sites is 1. The molecule has 0 radical (unpaired) electrons. The fourth-order valence-corrected chi connectivity index (χ4v) is 2.06. The van der Waals surface area contributed by atoms with Crippen LogP contribution in [0.5, 0.6) is 0 Å². The van der Waals surface area contributed by atoms with Gasteiger partial charge in [-0.15, -0.1) is 0 Å². The van der Waals surface area contributed by atoms with E-state index in [1.807, 2.05) is 25.1 Å². The number of benzene rings is 2. The average molecular weight is 243 g/mol. The van der Waals surface area contributed by atoms with E-state index < -0.39 is 0 Å². The van der Waals surface area contributed by atoms with Crippen LogP contribution < -0.4 is 5.32 Å². The van der Waals surface area contributed by atoms with Crippen LogP contribution in [0.4, 0.5) is 10.1 Å². The summed E-state index contributed by atoms with van der Waals surface area (Å²) in [5.74, 6) is -0.190. The van der Waals surface area contributed by atoms with Crippen LogP contribution in [0.3, 0.4) is 0 Å². The first-order chi connectivity index (χ1) is 8.70. The van der Waals surface area contributed by atoms with Gasteiger partial charge in [0, 0.05) is 11.7 Å². The second kappa shape index (κ2) is 5.67. The number of rotatable bonds is 4. The first kappa shape index (κ1) is 12.6. The van der Waals surface area contributed by atoms with Gasteiger partial charge in [-0.2, -0.15) is 0 Å². The molecule has 0 aliphatic heterocycles. The third kappa shape index (κ3) is 2.89. The van der Waals surface area contributed by atoms with Crippen molar-refractivity contribution in [2.45, 2.75) is 26.3 Å². The maximum Gasteiger partial charge on any atom is 0.123 e. The summed E-state index contributed by atoms with van der Waals surface area (Å²) < 4.78 is 13.2. The number of aryl methyl sites for hydroxylation is 1. The molecule has 0 aliphatic carbocycles. The standard InChI is InChI=1S/C16H18FN/c1-3-13-7-4-5-10-16(13)18-12(2)14-8-6-9-15(17)11-14/h4-12,18H,3H2,1-2H3. The molecule has 2 heteroatoms. The van der Waals surface area contributed by atoms with Crippen molar-refractivity contribution in [3.8, 4) is 0 Å². The first-order valence-corrected chi connectivity index (χ1v) is 6.30. The zero-order valence-electron chi connectivity index (χ0n) is 10.8. The van der Waals surface area contributed by atoms with Crippen LogP contribution in [0.1, 0.15) is 31.0 Å². The fraction of sp³-hybridized carbons (Fsp3) is 0.250. The number of hydrogen-bond donors (Lipinski definition) is 1. The van der Waals surface area contributed by atoms with Crippen LogP contribution in [0.15, 0.2) is 48.5 Å². The van der Waals surface area contributed by atoms with Crippen molar-refractivity contribution in [2.75, 3.05) is 5.32 Å². The molecule has 2 aromatic carbocycles. The lowest BCUT2D eigenvalue weighted by molar-refractivity contribution is 0.623. The second-order valence-corrected chi connectivity index (χ2v) is 4.43. The molecule has 1 atom stereocenters. The molecule has 0 saturated heterocycles. The Bertz CT molecular complexity index is 522. The Labute approximate surface area is 108 Å². The monoisotopic (exact) mass is 243 g/mol. The van der Waals surface area contributed by atoms with Crippen molar-refractivity contribution in [1.82, 2.24) is 0 Å². The fourth-order valence-electron chi connectivity index (χ4n) is 2.06. The minimum absolute atomic E-state index is 0.0911. The molecule has 94 valence electrons. The van der Waals surface area contributed by atoms with Gasteiger partial charge in [0.05, 0.1) is 0 Å². The molecule has 0 bridgehead atoms. The quantitative estimate of drug-likeness (QED) is 0.830. The molecule has 0 aliphatic rings. The van der Waals surface area contributed by atoms with Gasteiger partial charge < -0.3 is 5.32 Å². The maximum atomic E-state index is 13.2. The van der Waals surface area contributed by atoms with Gasteiger partial charge in [0.1, 0.15) is 5.82 Å². The lowest BCUT2D eigenvalue weighted by Gasteiger charge is -2.18. The van der Waals surface area contributed by atoms with Gasteiger partial charge in [0.25, 0.3) is 0 Å². The molecule has 1 nitrogen and oxygen atoms in total. The number of anilines is 1. The minimum atomic E-state index is -0.190. The summed E-state index contributed by atoms with van der Waals surface area (Å²) in [6.45, 7) is 4.18. The minimum Gasteiger partial charge on any atom is -0.378 e. The van der Waals surface area contributed by atoms with Crippen molar-refractivity contribution >= 4 is 5.69 Å². The highest BCUT2D eigenvalue weighted by Gasteiger charge is 2.07.